The average Bonchev–Trinajstić information content (AvgIpc) is 3.18. The lowest BCUT2D eigenvalue weighted by Gasteiger charge is -2.34. The molecule has 0 saturated carbocycles. The van der Waals surface area contributed by atoms with Crippen LogP contribution in [-0.4, -0.2) is 36.4 Å². The number of hydrogen-bond acceptors (Lipinski definition) is 4. The van der Waals surface area contributed by atoms with Crippen molar-refractivity contribution in [2.24, 2.45) is 0 Å². The van der Waals surface area contributed by atoms with Crippen molar-refractivity contribution in [3.8, 4) is 5.75 Å². The van der Waals surface area contributed by atoms with Crippen LogP contribution in [0, 0.1) is 6.92 Å². The first kappa shape index (κ1) is 18.7. The highest BCUT2D eigenvalue weighted by atomic mass is 35.5. The molecule has 1 aliphatic heterocycles. The molecule has 3 rings (SSSR count). The summed E-state index contributed by atoms with van der Waals surface area (Å²) in [6.45, 7) is 2.45. The molecule has 1 aromatic carbocycles. The van der Waals surface area contributed by atoms with E-state index in [2.05, 4.69) is 5.32 Å². The van der Waals surface area contributed by atoms with E-state index in [0.29, 0.717) is 34.3 Å². The van der Waals surface area contributed by atoms with Gasteiger partial charge in [0, 0.05) is 17.6 Å². The standard InChI is InChI=1S/C19H21ClN2O3S/c1-12-10-14(16(25-2)11-13(12)20)21-18(23)15-6-3-4-8-22(15)19(24)17-7-5-9-26-17/h5,7,9-11,15H,3-4,6,8H2,1-2H3,(H,21,23)/t15-/m0/s1. The summed E-state index contributed by atoms with van der Waals surface area (Å²) in [6, 6.07) is 6.62. The van der Waals surface area contributed by atoms with Crippen LogP contribution in [-0.2, 0) is 4.79 Å². The largest absolute Gasteiger partial charge is 0.495 e. The molecule has 0 spiro atoms. The Hall–Kier alpha value is -2.05. The van der Waals surface area contributed by atoms with E-state index in [1.165, 1.54) is 18.4 Å². The Morgan fingerprint density at radius 3 is 2.85 bits per heavy atom. The van der Waals surface area contributed by atoms with Crippen molar-refractivity contribution < 1.29 is 14.3 Å². The number of amides is 2. The minimum Gasteiger partial charge on any atom is -0.495 e. The van der Waals surface area contributed by atoms with Gasteiger partial charge in [-0.25, -0.2) is 0 Å². The summed E-state index contributed by atoms with van der Waals surface area (Å²) in [4.78, 5) is 28.0. The van der Waals surface area contributed by atoms with Crippen LogP contribution in [0.1, 0.15) is 34.5 Å². The number of carbonyl (C=O) groups is 2. The Kier molecular flexibility index (Phi) is 5.84. The Morgan fingerprint density at radius 1 is 1.35 bits per heavy atom. The van der Waals surface area contributed by atoms with Crippen LogP contribution in [0.4, 0.5) is 5.69 Å². The van der Waals surface area contributed by atoms with Gasteiger partial charge in [0.2, 0.25) is 5.91 Å². The maximum absolute atomic E-state index is 12.9. The predicted molar refractivity (Wildman–Crippen MR) is 104 cm³/mol. The summed E-state index contributed by atoms with van der Waals surface area (Å²) in [5.74, 6) is 0.217. The number of nitrogens with zero attached hydrogens (tertiary/aromatic N) is 1. The summed E-state index contributed by atoms with van der Waals surface area (Å²) in [6.07, 6.45) is 2.48. The number of ether oxygens (including phenoxy) is 1. The lowest BCUT2D eigenvalue weighted by Crippen LogP contribution is -2.49. The first-order chi connectivity index (χ1) is 12.5. The third kappa shape index (κ3) is 3.86. The van der Waals surface area contributed by atoms with E-state index >= 15 is 0 Å². The van der Waals surface area contributed by atoms with Crippen molar-refractivity contribution in [3.05, 3.63) is 45.1 Å². The van der Waals surface area contributed by atoms with Crippen LogP contribution in [0.2, 0.25) is 5.02 Å². The molecule has 138 valence electrons. The van der Waals surface area contributed by atoms with Crippen molar-refractivity contribution in [1.82, 2.24) is 4.90 Å². The van der Waals surface area contributed by atoms with E-state index in [-0.39, 0.29) is 11.8 Å². The van der Waals surface area contributed by atoms with Crippen LogP contribution >= 0.6 is 22.9 Å². The van der Waals surface area contributed by atoms with Crippen LogP contribution in [0.15, 0.2) is 29.6 Å². The van der Waals surface area contributed by atoms with Crippen LogP contribution in [0.25, 0.3) is 0 Å². The monoisotopic (exact) mass is 392 g/mol. The number of methoxy groups -OCH3 is 1. The van der Waals surface area contributed by atoms with Crippen LogP contribution < -0.4 is 10.1 Å². The van der Waals surface area contributed by atoms with E-state index in [0.717, 1.165) is 18.4 Å². The fourth-order valence-electron chi connectivity index (χ4n) is 3.13. The molecule has 0 unspecified atom stereocenters. The average molecular weight is 393 g/mol. The number of piperidine rings is 1. The van der Waals surface area contributed by atoms with E-state index in [1.807, 2.05) is 18.4 Å². The van der Waals surface area contributed by atoms with Crippen molar-refractivity contribution in [1.29, 1.82) is 0 Å². The zero-order valence-corrected chi connectivity index (χ0v) is 16.3. The van der Waals surface area contributed by atoms with E-state index < -0.39 is 6.04 Å². The molecule has 1 fully saturated rings. The van der Waals surface area contributed by atoms with Gasteiger partial charge in [0.15, 0.2) is 0 Å². The molecule has 0 radical (unpaired) electrons. The smallest absolute Gasteiger partial charge is 0.264 e. The summed E-state index contributed by atoms with van der Waals surface area (Å²) < 4.78 is 5.32. The first-order valence-electron chi connectivity index (χ1n) is 8.50. The summed E-state index contributed by atoms with van der Waals surface area (Å²) >= 11 is 7.52. The normalized spacial score (nSPS) is 17.0. The third-order valence-electron chi connectivity index (χ3n) is 4.54. The number of carbonyl (C=O) groups excluding carboxylic acids is 2. The van der Waals surface area contributed by atoms with Gasteiger partial charge in [-0.1, -0.05) is 17.7 Å². The fraction of sp³-hybridized carbons (Fsp3) is 0.368. The van der Waals surface area contributed by atoms with Gasteiger partial charge in [0.05, 0.1) is 17.7 Å². The predicted octanol–water partition coefficient (Wildman–Crippen LogP) is 4.35. The van der Waals surface area contributed by atoms with Gasteiger partial charge in [-0.2, -0.15) is 0 Å². The minimum absolute atomic E-state index is 0.0842. The van der Waals surface area contributed by atoms with E-state index in [1.54, 1.807) is 23.1 Å². The molecule has 0 aliphatic carbocycles. The zero-order chi connectivity index (χ0) is 18.7. The number of likely N-dealkylation sites (tertiary alicyclic amines) is 1. The van der Waals surface area contributed by atoms with E-state index in [4.69, 9.17) is 16.3 Å². The quantitative estimate of drug-likeness (QED) is 0.841. The number of benzene rings is 1. The topological polar surface area (TPSA) is 58.6 Å². The molecule has 0 bridgehead atoms. The van der Waals surface area contributed by atoms with Crippen molar-refractivity contribution >= 4 is 40.4 Å². The molecule has 1 saturated heterocycles. The van der Waals surface area contributed by atoms with Gasteiger partial charge in [0.25, 0.3) is 5.91 Å². The summed E-state index contributed by atoms with van der Waals surface area (Å²) in [5.41, 5.74) is 1.41. The van der Waals surface area contributed by atoms with E-state index in [9.17, 15) is 9.59 Å². The minimum atomic E-state index is -0.487. The Labute approximate surface area is 161 Å². The van der Waals surface area contributed by atoms with Gasteiger partial charge >= 0.3 is 0 Å². The highest BCUT2D eigenvalue weighted by molar-refractivity contribution is 7.12. The molecule has 2 aromatic rings. The number of aryl methyl sites for hydroxylation is 1. The molecule has 2 heterocycles. The van der Waals surface area contributed by atoms with Gasteiger partial charge < -0.3 is 15.0 Å². The number of nitrogens with one attached hydrogen (secondary N) is 1. The number of hydrogen-bond donors (Lipinski definition) is 1. The van der Waals surface area contributed by atoms with Crippen LogP contribution in [0.5, 0.6) is 5.75 Å². The molecular weight excluding hydrogens is 372 g/mol. The molecule has 1 N–H and O–H groups in total. The molecular formula is C19H21ClN2O3S. The Bertz CT molecular complexity index is 807. The molecule has 5 nitrogen and oxygen atoms in total. The second kappa shape index (κ2) is 8.10. The first-order valence-corrected chi connectivity index (χ1v) is 9.76. The van der Waals surface area contributed by atoms with Gasteiger partial charge in [-0.3, -0.25) is 9.59 Å². The Morgan fingerprint density at radius 2 is 2.15 bits per heavy atom. The lowest BCUT2D eigenvalue weighted by atomic mass is 10.0. The second-order valence-corrected chi connectivity index (χ2v) is 7.63. The summed E-state index contributed by atoms with van der Waals surface area (Å²) in [5, 5.41) is 5.36. The van der Waals surface area contributed by atoms with Crippen molar-refractivity contribution in [2.45, 2.75) is 32.2 Å². The van der Waals surface area contributed by atoms with Crippen molar-refractivity contribution in [2.75, 3.05) is 19.0 Å². The SMILES string of the molecule is COc1cc(Cl)c(C)cc1NC(=O)[C@@H]1CCCCN1C(=O)c1cccs1. The maximum Gasteiger partial charge on any atom is 0.264 e. The maximum atomic E-state index is 12.9. The molecule has 1 atom stereocenters. The Balaban J connectivity index is 1.81. The van der Waals surface area contributed by atoms with Gasteiger partial charge in [-0.05, 0) is 49.3 Å². The molecule has 2 amide bonds. The molecule has 26 heavy (non-hydrogen) atoms. The number of thiophene rings is 1. The van der Waals surface area contributed by atoms with Crippen LogP contribution in [0.3, 0.4) is 0 Å². The highest BCUT2D eigenvalue weighted by Crippen LogP contribution is 2.32. The number of rotatable bonds is 4. The molecule has 1 aromatic heterocycles. The number of anilines is 1. The molecule has 7 heteroatoms. The molecule has 1 aliphatic rings. The van der Waals surface area contributed by atoms with Gasteiger partial charge in [-0.15, -0.1) is 11.3 Å². The van der Waals surface area contributed by atoms with Gasteiger partial charge in [0.1, 0.15) is 11.8 Å². The fourth-order valence-corrected chi connectivity index (χ4v) is 3.97. The summed E-state index contributed by atoms with van der Waals surface area (Å²) in [7, 11) is 1.53. The second-order valence-electron chi connectivity index (χ2n) is 6.28. The zero-order valence-electron chi connectivity index (χ0n) is 14.8. The third-order valence-corrected chi connectivity index (χ3v) is 5.80. The van der Waals surface area contributed by atoms with Crippen molar-refractivity contribution in [3.63, 3.8) is 0 Å². The number of halogens is 1. The lowest BCUT2D eigenvalue weighted by molar-refractivity contribution is -0.121. The highest BCUT2D eigenvalue weighted by Gasteiger charge is 2.33.